The predicted molar refractivity (Wildman–Crippen MR) is 147 cm³/mol. The van der Waals surface area contributed by atoms with Crippen molar-refractivity contribution in [1.29, 1.82) is 0 Å². The Labute approximate surface area is 218 Å². The van der Waals surface area contributed by atoms with Crippen LogP contribution in [0.15, 0.2) is 30.3 Å². The van der Waals surface area contributed by atoms with Crippen molar-refractivity contribution >= 4 is 5.78 Å². The van der Waals surface area contributed by atoms with Crippen molar-refractivity contribution in [2.75, 3.05) is 21.3 Å². The molecular formula is C31H46O5. The minimum Gasteiger partial charge on any atom is -0.507 e. The van der Waals surface area contributed by atoms with Gasteiger partial charge in [0.25, 0.3) is 0 Å². The van der Waals surface area contributed by atoms with Crippen LogP contribution in [0.4, 0.5) is 0 Å². The number of ketones is 1. The summed E-state index contributed by atoms with van der Waals surface area (Å²) in [5.41, 5.74) is 1.61. The molecular weight excluding hydrogens is 452 g/mol. The van der Waals surface area contributed by atoms with E-state index in [1.165, 1.54) is 98.4 Å². The summed E-state index contributed by atoms with van der Waals surface area (Å²) in [6.07, 6.45) is 18.2. The minimum absolute atomic E-state index is 0.0102. The van der Waals surface area contributed by atoms with E-state index in [0.717, 1.165) is 18.4 Å². The Morgan fingerprint density at radius 2 is 1.14 bits per heavy atom. The summed E-state index contributed by atoms with van der Waals surface area (Å²) in [5.74, 6) is 0.943. The van der Waals surface area contributed by atoms with Crippen LogP contribution in [-0.2, 0) is 6.42 Å². The van der Waals surface area contributed by atoms with Crippen LogP contribution in [0, 0.1) is 0 Å². The van der Waals surface area contributed by atoms with Crippen molar-refractivity contribution in [3.63, 3.8) is 0 Å². The number of carbonyl (C=O) groups is 1. The molecule has 0 heterocycles. The number of benzene rings is 2. The van der Waals surface area contributed by atoms with Crippen LogP contribution in [0.1, 0.15) is 112 Å². The Morgan fingerprint density at radius 3 is 1.64 bits per heavy atom. The molecule has 36 heavy (non-hydrogen) atoms. The van der Waals surface area contributed by atoms with Gasteiger partial charge in [0.1, 0.15) is 11.5 Å². The van der Waals surface area contributed by atoms with E-state index in [1.54, 1.807) is 24.3 Å². The number of ether oxygens (including phenoxy) is 3. The SMILES string of the molecule is CCCCCCCCCCCCCCCc1ccc(C(=O)c2cc(OC)c(OC)cc2OC)c(O)c1. The molecule has 0 aliphatic carbocycles. The molecule has 1 N–H and O–H groups in total. The summed E-state index contributed by atoms with van der Waals surface area (Å²) >= 11 is 0. The monoisotopic (exact) mass is 498 g/mol. The Bertz CT molecular complexity index is 921. The molecule has 0 amide bonds. The van der Waals surface area contributed by atoms with E-state index in [4.69, 9.17) is 14.2 Å². The van der Waals surface area contributed by atoms with Gasteiger partial charge in [-0.05, 0) is 36.6 Å². The Morgan fingerprint density at radius 1 is 0.639 bits per heavy atom. The highest BCUT2D eigenvalue weighted by molar-refractivity contribution is 6.12. The zero-order valence-electron chi connectivity index (χ0n) is 22.9. The van der Waals surface area contributed by atoms with Crippen LogP contribution in [0.2, 0.25) is 0 Å². The molecule has 0 saturated carbocycles. The molecule has 2 rings (SSSR count). The maximum atomic E-state index is 13.2. The quantitative estimate of drug-likeness (QED) is 0.156. The van der Waals surface area contributed by atoms with E-state index in [-0.39, 0.29) is 17.1 Å². The lowest BCUT2D eigenvalue weighted by molar-refractivity contribution is 0.103. The van der Waals surface area contributed by atoms with Crippen molar-refractivity contribution in [3.8, 4) is 23.0 Å². The van der Waals surface area contributed by atoms with Gasteiger partial charge in [0, 0.05) is 6.07 Å². The van der Waals surface area contributed by atoms with Gasteiger partial charge in [-0.1, -0.05) is 90.0 Å². The van der Waals surface area contributed by atoms with E-state index < -0.39 is 0 Å². The fourth-order valence-corrected chi connectivity index (χ4v) is 4.62. The van der Waals surface area contributed by atoms with Crippen LogP contribution in [0.5, 0.6) is 23.0 Å². The third kappa shape index (κ3) is 9.40. The fourth-order valence-electron chi connectivity index (χ4n) is 4.62. The third-order valence-electron chi connectivity index (χ3n) is 6.83. The molecule has 200 valence electrons. The Balaban J connectivity index is 1.76. The number of aryl methyl sites for hydroxylation is 1. The lowest BCUT2D eigenvalue weighted by Crippen LogP contribution is -2.06. The molecule has 0 aromatic heterocycles. The number of carbonyl (C=O) groups excluding carboxylic acids is 1. The zero-order valence-corrected chi connectivity index (χ0v) is 22.9. The molecule has 0 bridgehead atoms. The summed E-state index contributed by atoms with van der Waals surface area (Å²) < 4.78 is 16.0. The highest BCUT2D eigenvalue weighted by Crippen LogP contribution is 2.36. The average molecular weight is 499 g/mol. The first-order chi connectivity index (χ1) is 17.5. The number of methoxy groups -OCH3 is 3. The Hall–Kier alpha value is -2.69. The smallest absolute Gasteiger partial charge is 0.200 e. The van der Waals surface area contributed by atoms with Crippen molar-refractivity contribution < 1.29 is 24.1 Å². The molecule has 0 spiro atoms. The lowest BCUT2D eigenvalue weighted by Gasteiger charge is -2.14. The second-order valence-electron chi connectivity index (χ2n) is 9.58. The first-order valence-electron chi connectivity index (χ1n) is 13.7. The average Bonchev–Trinajstić information content (AvgIpc) is 2.90. The number of hydrogen-bond acceptors (Lipinski definition) is 5. The summed E-state index contributed by atoms with van der Waals surface area (Å²) in [6.45, 7) is 2.27. The molecule has 0 radical (unpaired) electrons. The van der Waals surface area contributed by atoms with E-state index in [0.29, 0.717) is 22.8 Å². The second kappa shape index (κ2) is 16.9. The topological polar surface area (TPSA) is 65.0 Å². The van der Waals surface area contributed by atoms with E-state index in [1.807, 2.05) is 6.07 Å². The largest absolute Gasteiger partial charge is 0.507 e. The summed E-state index contributed by atoms with van der Waals surface area (Å²) in [6, 6.07) is 8.54. The maximum Gasteiger partial charge on any atom is 0.200 e. The molecule has 0 saturated heterocycles. The standard InChI is InChI=1S/C31H46O5/c1-5-6-7-8-9-10-11-12-13-14-15-16-17-18-24-19-20-25(27(32)21-24)31(33)26-22-29(35-3)30(36-4)23-28(26)34-2/h19-23,32H,5-18H2,1-4H3. The molecule has 5 nitrogen and oxygen atoms in total. The number of unbranched alkanes of at least 4 members (excludes halogenated alkanes) is 12. The highest BCUT2D eigenvalue weighted by Gasteiger charge is 2.21. The third-order valence-corrected chi connectivity index (χ3v) is 6.83. The molecule has 0 aliphatic rings. The van der Waals surface area contributed by atoms with Gasteiger partial charge < -0.3 is 19.3 Å². The first-order valence-corrected chi connectivity index (χ1v) is 13.7. The number of phenolic OH excluding ortho intramolecular Hbond substituents is 1. The zero-order chi connectivity index (χ0) is 26.2. The minimum atomic E-state index is -0.321. The molecule has 0 atom stereocenters. The van der Waals surface area contributed by atoms with Crippen LogP contribution in [0.25, 0.3) is 0 Å². The molecule has 2 aromatic carbocycles. The molecule has 0 aliphatic heterocycles. The molecule has 2 aromatic rings. The normalized spacial score (nSPS) is 10.9. The number of rotatable bonds is 19. The maximum absolute atomic E-state index is 13.2. The van der Waals surface area contributed by atoms with Crippen molar-refractivity contribution in [2.24, 2.45) is 0 Å². The number of aromatic hydroxyl groups is 1. The Kier molecular flexibility index (Phi) is 13.9. The van der Waals surface area contributed by atoms with Crippen molar-refractivity contribution in [1.82, 2.24) is 0 Å². The molecule has 5 heteroatoms. The van der Waals surface area contributed by atoms with Crippen LogP contribution in [0.3, 0.4) is 0 Å². The first kappa shape index (κ1) is 29.5. The van der Waals surface area contributed by atoms with E-state index >= 15 is 0 Å². The highest BCUT2D eigenvalue weighted by atomic mass is 16.5. The molecule has 0 fully saturated rings. The second-order valence-corrected chi connectivity index (χ2v) is 9.58. The van der Waals surface area contributed by atoms with Gasteiger partial charge in [-0.15, -0.1) is 0 Å². The van der Waals surface area contributed by atoms with Gasteiger partial charge in [-0.2, -0.15) is 0 Å². The van der Waals surface area contributed by atoms with Gasteiger partial charge in [0.15, 0.2) is 11.5 Å². The van der Waals surface area contributed by atoms with Crippen LogP contribution >= 0.6 is 0 Å². The summed E-state index contributed by atoms with van der Waals surface area (Å²) in [7, 11) is 4.54. The van der Waals surface area contributed by atoms with E-state index in [9.17, 15) is 9.90 Å². The van der Waals surface area contributed by atoms with Gasteiger partial charge in [0.2, 0.25) is 5.78 Å². The fraction of sp³-hybridized carbons (Fsp3) is 0.581. The summed E-state index contributed by atoms with van der Waals surface area (Å²) in [4.78, 5) is 13.2. The molecule has 0 unspecified atom stereocenters. The number of hydrogen-bond donors (Lipinski definition) is 1. The van der Waals surface area contributed by atoms with Gasteiger partial charge >= 0.3 is 0 Å². The van der Waals surface area contributed by atoms with Gasteiger partial charge in [-0.3, -0.25) is 4.79 Å². The van der Waals surface area contributed by atoms with E-state index in [2.05, 4.69) is 6.92 Å². The summed E-state index contributed by atoms with van der Waals surface area (Å²) in [5, 5.41) is 10.6. The van der Waals surface area contributed by atoms with Gasteiger partial charge in [-0.25, -0.2) is 0 Å². The van der Waals surface area contributed by atoms with Crippen molar-refractivity contribution in [2.45, 2.75) is 96.8 Å². The van der Waals surface area contributed by atoms with Crippen LogP contribution in [-0.4, -0.2) is 32.2 Å². The number of phenols is 1. The van der Waals surface area contributed by atoms with Crippen molar-refractivity contribution in [3.05, 3.63) is 47.0 Å². The van der Waals surface area contributed by atoms with Gasteiger partial charge in [0.05, 0.1) is 32.5 Å². The lowest BCUT2D eigenvalue weighted by atomic mass is 9.97. The van der Waals surface area contributed by atoms with Crippen LogP contribution < -0.4 is 14.2 Å². The predicted octanol–water partition coefficient (Wildman–Crippen LogP) is 8.28.